The highest BCUT2D eigenvalue weighted by Gasteiger charge is 2.09. The molecule has 0 saturated carbocycles. The van der Waals surface area contributed by atoms with Gasteiger partial charge >= 0.3 is 11.9 Å². The van der Waals surface area contributed by atoms with Crippen LogP contribution in [0.1, 0.15) is 0 Å². The van der Waals surface area contributed by atoms with E-state index in [1.807, 2.05) is 12.4 Å². The van der Waals surface area contributed by atoms with Crippen molar-refractivity contribution in [3.8, 4) is 17.6 Å². The molecule has 80 valence electrons. The van der Waals surface area contributed by atoms with Gasteiger partial charge in [0.15, 0.2) is 5.82 Å². The van der Waals surface area contributed by atoms with Crippen LogP contribution >= 0.6 is 0 Å². The number of aliphatic carboxylic acids is 1. The van der Waals surface area contributed by atoms with Crippen LogP contribution in [0.5, 0.6) is 0 Å². The number of aromatic nitrogens is 2. The van der Waals surface area contributed by atoms with Crippen LogP contribution in [0.4, 0.5) is 0 Å². The molecule has 0 aromatic rings. The summed E-state index contributed by atoms with van der Waals surface area (Å²) < 4.78 is 3.71. The van der Waals surface area contributed by atoms with Crippen molar-refractivity contribution in [1.29, 1.82) is 5.26 Å². The van der Waals surface area contributed by atoms with Gasteiger partial charge in [0, 0.05) is 24.5 Å². The number of nitriles is 1. The summed E-state index contributed by atoms with van der Waals surface area (Å²) in [7, 11) is 0. The Kier molecular flexibility index (Phi) is 3.69. The molecule has 0 saturated heterocycles. The first-order chi connectivity index (χ1) is 7.63. The van der Waals surface area contributed by atoms with E-state index in [1.165, 1.54) is 5.56 Å². The third kappa shape index (κ3) is 3.19. The molecule has 2 aliphatic rings. The van der Waals surface area contributed by atoms with E-state index >= 15 is 0 Å². The maximum atomic E-state index is 10.2. The number of hydrogen-bond donors (Lipinski definition) is 1. The Labute approximate surface area is 89.6 Å². The van der Waals surface area contributed by atoms with Crippen molar-refractivity contribution in [3.63, 3.8) is 0 Å². The number of ether oxygens (including phenoxy) is 1. The van der Waals surface area contributed by atoms with E-state index in [1.54, 1.807) is 0 Å². The SMILES string of the molecule is N#COC(=O)/C=C\C(=O)O.c1nc2ncc1-2. The lowest BCUT2D eigenvalue weighted by Gasteiger charge is -2.06. The lowest BCUT2D eigenvalue weighted by Crippen LogP contribution is -1.98. The van der Waals surface area contributed by atoms with E-state index in [-0.39, 0.29) is 0 Å². The van der Waals surface area contributed by atoms with Crippen LogP contribution in [0, 0.1) is 11.5 Å². The number of fused-ring (bicyclic) bond motifs is 1. The fourth-order valence-corrected chi connectivity index (χ4v) is 0.679. The molecule has 0 unspecified atom stereocenters. The lowest BCUT2D eigenvalue weighted by molar-refractivity contribution is -0.134. The molecule has 1 N–H and O–H groups in total. The molecule has 0 fully saturated rings. The normalized spacial score (nSPS) is 9.69. The maximum absolute atomic E-state index is 10.2. The largest absolute Gasteiger partial charge is 0.478 e. The van der Waals surface area contributed by atoms with Crippen molar-refractivity contribution >= 4 is 11.9 Å². The number of carboxylic acid groups (broad SMARTS) is 1. The van der Waals surface area contributed by atoms with E-state index in [2.05, 4.69) is 14.7 Å². The van der Waals surface area contributed by atoms with Crippen molar-refractivity contribution in [2.24, 2.45) is 0 Å². The molecule has 0 aromatic heterocycles. The van der Waals surface area contributed by atoms with E-state index in [0.717, 1.165) is 12.1 Å². The summed E-state index contributed by atoms with van der Waals surface area (Å²) in [6, 6.07) is 0. The van der Waals surface area contributed by atoms with Gasteiger partial charge in [-0.05, 0) is 0 Å². The molecule has 2 aliphatic heterocycles. The zero-order chi connectivity index (χ0) is 12.0. The van der Waals surface area contributed by atoms with Crippen molar-refractivity contribution in [2.45, 2.75) is 0 Å². The van der Waals surface area contributed by atoms with Gasteiger partial charge in [-0.15, -0.1) is 5.26 Å². The Morgan fingerprint density at radius 2 is 1.94 bits per heavy atom. The maximum Gasteiger partial charge on any atom is 0.346 e. The average molecular weight is 219 g/mol. The minimum atomic E-state index is -1.27. The molecule has 2 rings (SSSR count). The van der Waals surface area contributed by atoms with E-state index in [4.69, 9.17) is 10.4 Å². The van der Waals surface area contributed by atoms with Crippen molar-refractivity contribution in [1.82, 2.24) is 9.97 Å². The van der Waals surface area contributed by atoms with Crippen LogP contribution < -0.4 is 0 Å². The number of hydrogen-bond acceptors (Lipinski definition) is 6. The summed E-state index contributed by atoms with van der Waals surface area (Å²) in [5.74, 6) is -1.34. The van der Waals surface area contributed by atoms with Crippen LogP contribution in [-0.2, 0) is 14.3 Å². The molecule has 0 aliphatic carbocycles. The lowest BCUT2D eigenvalue weighted by atomic mass is 10.2. The molecule has 0 amide bonds. The van der Waals surface area contributed by atoms with Crippen LogP contribution in [0.15, 0.2) is 24.5 Å². The molecule has 0 spiro atoms. The van der Waals surface area contributed by atoms with Gasteiger partial charge in [0.1, 0.15) is 0 Å². The number of esters is 1. The summed E-state index contributed by atoms with van der Waals surface area (Å²) in [6.45, 7) is 0. The fraction of sp³-hybridized carbons (Fsp3) is 0. The quantitative estimate of drug-likeness (QED) is 0.433. The number of carbonyl (C=O) groups is 2. The molecular weight excluding hydrogens is 214 g/mol. The molecule has 0 bridgehead atoms. The smallest absolute Gasteiger partial charge is 0.346 e. The van der Waals surface area contributed by atoms with Gasteiger partial charge in [-0.1, -0.05) is 0 Å². The Hall–Kier alpha value is -2.75. The molecule has 16 heavy (non-hydrogen) atoms. The summed E-state index contributed by atoms with van der Waals surface area (Å²) in [5.41, 5.74) is 1.20. The summed E-state index contributed by atoms with van der Waals surface area (Å²) in [6.07, 6.45) is 5.94. The number of carbonyl (C=O) groups excluding carboxylic acids is 1. The first-order valence-corrected chi connectivity index (χ1v) is 3.97. The zero-order valence-corrected chi connectivity index (χ0v) is 7.82. The molecule has 0 radical (unpaired) electrons. The second-order valence-electron chi connectivity index (χ2n) is 2.48. The van der Waals surface area contributed by atoms with Crippen molar-refractivity contribution in [3.05, 3.63) is 24.5 Å². The van der Waals surface area contributed by atoms with Crippen molar-refractivity contribution in [2.75, 3.05) is 0 Å². The van der Waals surface area contributed by atoms with Crippen LogP contribution in [0.2, 0.25) is 0 Å². The topological polar surface area (TPSA) is 113 Å². The minimum Gasteiger partial charge on any atom is -0.478 e. The highest BCUT2D eigenvalue weighted by Crippen LogP contribution is 2.20. The molecule has 2 heterocycles. The Morgan fingerprint density at radius 1 is 1.38 bits per heavy atom. The molecular formula is C9H5N3O4. The summed E-state index contributed by atoms with van der Waals surface area (Å²) in [5, 5.41) is 15.7. The van der Waals surface area contributed by atoms with Crippen molar-refractivity contribution < 1.29 is 19.4 Å². The van der Waals surface area contributed by atoms with Gasteiger partial charge in [-0.2, -0.15) is 0 Å². The molecule has 0 atom stereocenters. The van der Waals surface area contributed by atoms with E-state index < -0.39 is 11.9 Å². The Bertz CT molecular complexity index is 452. The Morgan fingerprint density at radius 3 is 2.19 bits per heavy atom. The standard InChI is InChI=1S/C5H3NO4.C4H2N2/c6-3-10-5(9)2-1-4(7)8;1-3-2-6-4(3)5-1/h1-2H,(H,7,8);1-2H/b2-1-;. The van der Waals surface area contributed by atoms with Crippen LogP contribution in [0.3, 0.4) is 0 Å². The van der Waals surface area contributed by atoms with Gasteiger partial charge in [-0.3, -0.25) is 0 Å². The second kappa shape index (κ2) is 5.21. The first kappa shape index (κ1) is 11.3. The van der Waals surface area contributed by atoms with Crippen LogP contribution in [0.25, 0.3) is 11.4 Å². The monoisotopic (exact) mass is 219 g/mol. The van der Waals surface area contributed by atoms with E-state index in [0.29, 0.717) is 12.2 Å². The Balaban J connectivity index is 0.000000176. The van der Waals surface area contributed by atoms with Gasteiger partial charge in [0.2, 0.25) is 0 Å². The van der Waals surface area contributed by atoms with Gasteiger partial charge in [0.25, 0.3) is 6.26 Å². The highest BCUT2D eigenvalue weighted by atomic mass is 16.5. The van der Waals surface area contributed by atoms with Crippen LogP contribution in [-0.4, -0.2) is 27.0 Å². The van der Waals surface area contributed by atoms with E-state index in [9.17, 15) is 9.59 Å². The van der Waals surface area contributed by atoms with Gasteiger partial charge < -0.3 is 9.84 Å². The zero-order valence-electron chi connectivity index (χ0n) is 7.82. The molecule has 7 nitrogen and oxygen atoms in total. The third-order valence-electron chi connectivity index (χ3n) is 1.42. The summed E-state index contributed by atoms with van der Waals surface area (Å²) >= 11 is 0. The van der Waals surface area contributed by atoms with Gasteiger partial charge in [0.05, 0.1) is 5.56 Å². The highest BCUT2D eigenvalue weighted by molar-refractivity contribution is 5.91. The first-order valence-electron chi connectivity index (χ1n) is 3.97. The number of carboxylic acids is 1. The number of rotatable bonds is 2. The van der Waals surface area contributed by atoms with Gasteiger partial charge in [-0.25, -0.2) is 19.6 Å². The predicted molar refractivity (Wildman–Crippen MR) is 49.5 cm³/mol. The molecule has 0 aromatic carbocycles. The second-order valence-corrected chi connectivity index (χ2v) is 2.48. The predicted octanol–water partition coefficient (Wildman–Crippen LogP) is 0.108. The number of nitrogens with zero attached hydrogens (tertiary/aromatic N) is 3. The third-order valence-corrected chi connectivity index (χ3v) is 1.42. The fourth-order valence-electron chi connectivity index (χ4n) is 0.679. The molecule has 7 heteroatoms. The average Bonchev–Trinajstić information content (AvgIpc) is 2.22. The summed E-state index contributed by atoms with van der Waals surface area (Å²) in [4.78, 5) is 27.5. The minimum absolute atomic E-state index is 0.583.